The van der Waals surface area contributed by atoms with Gasteiger partial charge in [-0.05, 0) is 110 Å². The molecule has 48 heavy (non-hydrogen) atoms. The van der Waals surface area contributed by atoms with E-state index in [1.165, 1.54) is 46.2 Å². The summed E-state index contributed by atoms with van der Waals surface area (Å²) in [7, 11) is 0. The lowest BCUT2D eigenvalue weighted by atomic mass is 10.0. The summed E-state index contributed by atoms with van der Waals surface area (Å²) < 4.78 is 0.574. The number of H-pyrrole nitrogens is 2. The van der Waals surface area contributed by atoms with Gasteiger partial charge in [0.2, 0.25) is 10.9 Å². The fourth-order valence-corrected chi connectivity index (χ4v) is 6.36. The molecule has 0 fully saturated rings. The number of aromatic nitrogens is 2. The summed E-state index contributed by atoms with van der Waals surface area (Å²) in [6, 6.07) is 11.5. The first-order chi connectivity index (χ1) is 22.9. The van der Waals surface area contributed by atoms with E-state index >= 15 is 0 Å². The lowest BCUT2D eigenvalue weighted by Crippen LogP contribution is -2.22. The second-order valence-electron chi connectivity index (χ2n) is 10.8. The Morgan fingerprint density at radius 2 is 1.04 bits per heavy atom. The third-order valence-electron chi connectivity index (χ3n) is 7.66. The minimum Gasteiger partial charge on any atom is -0.359 e. The zero-order chi connectivity index (χ0) is 35.7. The Labute approximate surface area is 289 Å². The van der Waals surface area contributed by atoms with E-state index in [0.29, 0.717) is 10.1 Å². The lowest BCUT2D eigenvalue weighted by molar-refractivity contribution is 0.101. The molecular weight excluding hydrogens is 641 g/mol. The van der Waals surface area contributed by atoms with Crippen LogP contribution in [0.25, 0.3) is 20.4 Å². The third kappa shape index (κ3) is 8.37. The number of carbonyl (C=O) groups excluding carboxylic acids is 2. The smallest absolute Gasteiger partial charge is 0.261 e. The van der Waals surface area contributed by atoms with Gasteiger partial charge in [0.1, 0.15) is 16.0 Å². The Balaban J connectivity index is 0.000000236. The number of fused-ring (bicyclic) bond motifs is 2. The molecule has 2 aromatic carbocycles. The number of pyridine rings is 2. The fraction of sp³-hybridized carbons (Fsp3) is 0.263. The Morgan fingerprint density at radius 3 is 1.58 bits per heavy atom. The van der Waals surface area contributed by atoms with E-state index < -0.39 is 0 Å². The summed E-state index contributed by atoms with van der Waals surface area (Å²) in [6.07, 6.45) is 2.95. The molecule has 0 saturated heterocycles. The summed E-state index contributed by atoms with van der Waals surface area (Å²) in [5.41, 5.74) is 8.51. The molecule has 0 saturated carbocycles. The second-order valence-corrected chi connectivity index (χ2v) is 12.6. The average molecular weight is 685 g/mol. The van der Waals surface area contributed by atoms with Crippen molar-refractivity contribution in [2.75, 3.05) is 10.6 Å². The van der Waals surface area contributed by atoms with Crippen LogP contribution in [0.5, 0.6) is 0 Å². The highest BCUT2D eigenvalue weighted by Gasteiger charge is 2.16. The van der Waals surface area contributed by atoms with Gasteiger partial charge in [0.05, 0.1) is 15.6 Å². The molecule has 0 spiro atoms. The highest BCUT2D eigenvalue weighted by atomic mass is 32.1. The predicted octanol–water partition coefficient (Wildman–Crippen LogP) is 9.59. The third-order valence-corrected chi connectivity index (χ3v) is 9.42. The number of thiophene rings is 2. The fourth-order valence-electron chi connectivity index (χ4n) is 4.79. The van der Waals surface area contributed by atoms with Crippen molar-refractivity contribution in [2.45, 2.75) is 69.2 Å². The molecule has 0 radical (unpaired) electrons. The lowest BCUT2D eigenvalue weighted by Gasteiger charge is -2.11. The van der Waals surface area contributed by atoms with Crippen LogP contribution in [0.15, 0.2) is 69.1 Å². The van der Waals surface area contributed by atoms with Crippen molar-refractivity contribution in [3.8, 4) is 0 Å². The summed E-state index contributed by atoms with van der Waals surface area (Å²) in [4.78, 5) is 56.3. The summed E-state index contributed by atoms with van der Waals surface area (Å²) in [5.74, 6) is -0.774. The molecule has 4 N–H and O–H groups in total. The Hall–Kier alpha value is -4.80. The summed E-state index contributed by atoms with van der Waals surface area (Å²) in [5, 5.41) is 9.89. The zero-order valence-electron chi connectivity index (χ0n) is 29.2. The maximum absolute atomic E-state index is 12.4. The number of hydrogen-bond acceptors (Lipinski definition) is 6. The predicted molar refractivity (Wildman–Crippen MR) is 205 cm³/mol. The van der Waals surface area contributed by atoms with Crippen LogP contribution in [0.2, 0.25) is 0 Å². The van der Waals surface area contributed by atoms with Gasteiger partial charge >= 0.3 is 0 Å². The highest BCUT2D eigenvalue weighted by Crippen LogP contribution is 2.23. The van der Waals surface area contributed by atoms with Crippen LogP contribution in [0.3, 0.4) is 0 Å². The molecule has 0 atom stereocenters. The molecule has 4 heterocycles. The Morgan fingerprint density at radius 1 is 0.583 bits per heavy atom. The van der Waals surface area contributed by atoms with E-state index in [1.54, 1.807) is 6.07 Å². The molecule has 0 bridgehead atoms. The van der Waals surface area contributed by atoms with Crippen molar-refractivity contribution < 1.29 is 9.59 Å². The van der Waals surface area contributed by atoms with Crippen LogP contribution >= 0.6 is 22.7 Å². The zero-order valence-corrected chi connectivity index (χ0v) is 30.9. The van der Waals surface area contributed by atoms with E-state index in [4.69, 9.17) is 0 Å². The van der Waals surface area contributed by atoms with Crippen LogP contribution in [0, 0.1) is 41.5 Å². The summed E-state index contributed by atoms with van der Waals surface area (Å²) >= 11 is 2.78. The SMILES string of the molecule is CC.CC.Cc1cc(C)c(NC(=O)c2c[nH]c3ccsc3c2=O)cc1C.Cc1cc(C)c(NC(=O)c2c[nH]c3sccc3c2=O)cc1C. The van der Waals surface area contributed by atoms with E-state index in [2.05, 4.69) is 20.6 Å². The molecule has 2 amide bonds. The minimum atomic E-state index is -0.388. The molecule has 0 aliphatic heterocycles. The molecule has 10 heteroatoms. The quantitative estimate of drug-likeness (QED) is 0.148. The maximum atomic E-state index is 12.4. The van der Waals surface area contributed by atoms with Crippen molar-refractivity contribution in [1.82, 2.24) is 9.97 Å². The van der Waals surface area contributed by atoms with E-state index in [1.807, 2.05) is 110 Å². The van der Waals surface area contributed by atoms with Crippen LogP contribution in [0.1, 0.15) is 81.8 Å². The molecule has 6 rings (SSSR count). The van der Waals surface area contributed by atoms with Gasteiger partial charge in [-0.1, -0.05) is 39.8 Å². The second kappa shape index (κ2) is 16.9. The van der Waals surface area contributed by atoms with Crippen molar-refractivity contribution >= 4 is 66.3 Å². The normalized spacial score (nSPS) is 10.2. The van der Waals surface area contributed by atoms with E-state index in [-0.39, 0.29) is 33.8 Å². The molecule has 0 aliphatic carbocycles. The van der Waals surface area contributed by atoms with Crippen LogP contribution in [0.4, 0.5) is 11.4 Å². The largest absolute Gasteiger partial charge is 0.359 e. The van der Waals surface area contributed by atoms with Gasteiger partial charge in [-0.2, -0.15) is 0 Å². The molecule has 8 nitrogen and oxygen atoms in total. The molecule has 6 aromatic rings. The van der Waals surface area contributed by atoms with Gasteiger partial charge in [-0.15, -0.1) is 22.7 Å². The van der Waals surface area contributed by atoms with Crippen molar-refractivity contribution in [1.29, 1.82) is 0 Å². The van der Waals surface area contributed by atoms with Crippen LogP contribution in [-0.2, 0) is 0 Å². The first-order valence-electron chi connectivity index (χ1n) is 15.9. The molecule has 252 valence electrons. The molecular formula is C38H44N4O4S2. The molecule has 4 aromatic heterocycles. The van der Waals surface area contributed by atoms with Gasteiger partial charge < -0.3 is 20.6 Å². The topological polar surface area (TPSA) is 124 Å². The van der Waals surface area contributed by atoms with Gasteiger partial charge in [-0.3, -0.25) is 19.2 Å². The molecule has 0 aliphatic rings. The monoisotopic (exact) mass is 684 g/mol. The number of hydrogen-bond donors (Lipinski definition) is 4. The number of aromatic amines is 2. The van der Waals surface area contributed by atoms with Crippen molar-refractivity contribution in [3.05, 3.63) is 125 Å². The Bertz CT molecular complexity index is 2030. The highest BCUT2D eigenvalue weighted by molar-refractivity contribution is 7.17. The molecule has 0 unspecified atom stereocenters. The van der Waals surface area contributed by atoms with Crippen LogP contribution in [-0.4, -0.2) is 21.8 Å². The van der Waals surface area contributed by atoms with Crippen molar-refractivity contribution in [2.24, 2.45) is 0 Å². The van der Waals surface area contributed by atoms with Gasteiger partial charge in [0.25, 0.3) is 11.8 Å². The summed E-state index contributed by atoms with van der Waals surface area (Å²) in [6.45, 7) is 19.9. The maximum Gasteiger partial charge on any atom is 0.261 e. The number of rotatable bonds is 4. The van der Waals surface area contributed by atoms with Gasteiger partial charge in [0, 0.05) is 23.8 Å². The minimum absolute atomic E-state index is 0.128. The van der Waals surface area contributed by atoms with Gasteiger partial charge in [0.15, 0.2) is 0 Å². The first-order valence-corrected chi connectivity index (χ1v) is 17.7. The number of aryl methyl sites for hydroxylation is 6. The number of benzene rings is 2. The van der Waals surface area contributed by atoms with Crippen molar-refractivity contribution in [3.63, 3.8) is 0 Å². The number of amides is 2. The first kappa shape index (κ1) is 37.7. The van der Waals surface area contributed by atoms with E-state index in [9.17, 15) is 19.2 Å². The Kier molecular flexibility index (Phi) is 13.2. The number of nitrogens with one attached hydrogen (secondary N) is 4. The van der Waals surface area contributed by atoms with Crippen LogP contribution < -0.4 is 21.5 Å². The average Bonchev–Trinajstić information content (AvgIpc) is 3.76. The number of anilines is 2. The van der Waals surface area contributed by atoms with E-state index in [0.717, 1.165) is 44.0 Å². The van der Waals surface area contributed by atoms with Gasteiger partial charge in [-0.25, -0.2) is 0 Å². The standard InChI is InChI=1S/2C17H16N2O2S.2C2H6/c1-9-6-11(3)14(7-10(9)2)19-17(21)12-8-18-13-4-5-22-16(13)15(12)20;1-9-6-11(3)14(7-10(9)2)19-16(21)13-8-18-17-12(15(13)20)4-5-22-17;2*1-2/h2*4-8H,1-3H3,(H,18,20)(H,19,21);2*1-2H3. The number of carbonyl (C=O) groups is 2.